The summed E-state index contributed by atoms with van der Waals surface area (Å²) in [6.07, 6.45) is 2.99. The van der Waals surface area contributed by atoms with E-state index in [4.69, 9.17) is 4.74 Å². The Labute approximate surface area is 211 Å². The van der Waals surface area contributed by atoms with Crippen molar-refractivity contribution in [3.05, 3.63) is 0 Å². The van der Waals surface area contributed by atoms with Crippen molar-refractivity contribution in [3.63, 3.8) is 0 Å². The van der Waals surface area contributed by atoms with Gasteiger partial charge in [-0.15, -0.1) is 0 Å². The molecule has 0 aromatic carbocycles. The van der Waals surface area contributed by atoms with Crippen LogP contribution in [0.25, 0.3) is 0 Å². The van der Waals surface area contributed by atoms with Gasteiger partial charge < -0.3 is 30.3 Å². The first-order valence-corrected chi connectivity index (χ1v) is 14.5. The van der Waals surface area contributed by atoms with E-state index in [0.717, 1.165) is 44.9 Å². The molecule has 1 aliphatic heterocycles. The molecule has 5 fully saturated rings. The third-order valence-corrected chi connectivity index (χ3v) is 12.4. The summed E-state index contributed by atoms with van der Waals surface area (Å²) < 4.78 is 6.13. The summed E-state index contributed by atoms with van der Waals surface area (Å²) in [4.78, 5) is 0. The van der Waals surface area contributed by atoms with Crippen LogP contribution in [0.5, 0.6) is 0 Å². The van der Waals surface area contributed by atoms with Gasteiger partial charge in [-0.3, -0.25) is 0 Å². The number of hydrogen-bond acceptors (Lipinski definition) is 6. The van der Waals surface area contributed by atoms with Crippen molar-refractivity contribution in [1.82, 2.24) is 0 Å². The van der Waals surface area contributed by atoms with Crippen LogP contribution in [-0.4, -0.2) is 62.3 Å². The van der Waals surface area contributed by atoms with Crippen LogP contribution >= 0.6 is 0 Å². The number of aliphatic hydroxyl groups excluding tert-OH is 5. The van der Waals surface area contributed by atoms with Gasteiger partial charge in [-0.05, 0) is 97.2 Å². The third kappa shape index (κ3) is 3.96. The van der Waals surface area contributed by atoms with Crippen LogP contribution in [0.4, 0.5) is 0 Å². The Morgan fingerprint density at radius 2 is 1.40 bits per heavy atom. The van der Waals surface area contributed by atoms with Gasteiger partial charge in [-0.2, -0.15) is 0 Å². The third-order valence-electron chi connectivity index (χ3n) is 12.4. The average Bonchev–Trinajstić information content (AvgIpc) is 3.16. The maximum atomic E-state index is 11.5. The van der Waals surface area contributed by atoms with E-state index in [9.17, 15) is 25.5 Å². The van der Waals surface area contributed by atoms with Gasteiger partial charge in [0.05, 0.1) is 30.5 Å². The molecule has 4 saturated carbocycles. The predicted molar refractivity (Wildman–Crippen MR) is 133 cm³/mol. The standard InChI is InChI=1S/C29H50O6/c1-14(2)16-12-21(35-22(31)13-16)15(3)17-6-7-18-23-19(8-10-28(17,18)4)29(5)11-9-20(30)25(32)24(29)27(34)26(23)33/h14-27,30-34H,6-13H2,1-5H3/t15-,16-,17+,18+,19-,20+,21-,22?,23-,24+,25-,26+,27+,28+,29+/m0/s1. The Kier molecular flexibility index (Phi) is 6.93. The molecule has 1 saturated heterocycles. The number of rotatable bonds is 3. The maximum absolute atomic E-state index is 11.5. The van der Waals surface area contributed by atoms with E-state index >= 15 is 0 Å². The van der Waals surface area contributed by atoms with E-state index in [2.05, 4.69) is 34.6 Å². The molecule has 15 atom stereocenters. The SMILES string of the molecule is CC(C)[C@@H]1CC(O)O[C@H]([C@@H](C)[C@H]2CC[C@@H]3[C@@H]4[C@@H](O)[C@H](O)[C@H]5[C@@H](O)[C@H](O)CC[C@]5(C)[C@H]4CC[C@]23C)C1. The van der Waals surface area contributed by atoms with Crippen LogP contribution in [0.3, 0.4) is 0 Å². The van der Waals surface area contributed by atoms with E-state index in [-0.39, 0.29) is 28.8 Å². The van der Waals surface area contributed by atoms with Crippen molar-refractivity contribution in [2.24, 2.45) is 58.2 Å². The van der Waals surface area contributed by atoms with Crippen LogP contribution in [0.15, 0.2) is 0 Å². The van der Waals surface area contributed by atoms with Gasteiger partial charge in [-0.1, -0.05) is 34.6 Å². The molecular formula is C29H50O6. The first-order chi connectivity index (χ1) is 16.4. The molecule has 35 heavy (non-hydrogen) atoms. The fraction of sp³-hybridized carbons (Fsp3) is 1.00. The van der Waals surface area contributed by atoms with Gasteiger partial charge in [0.25, 0.3) is 0 Å². The summed E-state index contributed by atoms with van der Waals surface area (Å²) in [5, 5.41) is 54.4. The fourth-order valence-electron chi connectivity index (χ4n) is 10.3. The number of fused-ring (bicyclic) bond motifs is 5. The molecule has 0 spiro atoms. The number of hydrogen-bond donors (Lipinski definition) is 5. The van der Waals surface area contributed by atoms with E-state index in [1.807, 2.05) is 0 Å². The summed E-state index contributed by atoms with van der Waals surface area (Å²) in [6, 6.07) is 0. The lowest BCUT2D eigenvalue weighted by Gasteiger charge is -2.64. The van der Waals surface area contributed by atoms with Gasteiger partial charge in [0.1, 0.15) is 0 Å². The maximum Gasteiger partial charge on any atom is 0.155 e. The highest BCUT2D eigenvalue weighted by Gasteiger charge is 2.67. The molecule has 202 valence electrons. The van der Waals surface area contributed by atoms with Crippen molar-refractivity contribution in [2.45, 2.75) is 123 Å². The van der Waals surface area contributed by atoms with Crippen molar-refractivity contribution < 1.29 is 30.3 Å². The largest absolute Gasteiger partial charge is 0.390 e. The number of aliphatic hydroxyl groups is 5. The molecule has 0 radical (unpaired) electrons. The lowest BCUT2D eigenvalue weighted by molar-refractivity contribution is -0.253. The molecule has 6 heteroatoms. The summed E-state index contributed by atoms with van der Waals surface area (Å²) >= 11 is 0. The lowest BCUT2D eigenvalue weighted by atomic mass is 9.42. The summed E-state index contributed by atoms with van der Waals surface area (Å²) in [6.45, 7) is 11.4. The van der Waals surface area contributed by atoms with E-state index in [1.54, 1.807) is 0 Å². The highest BCUT2D eigenvalue weighted by Crippen LogP contribution is 2.68. The summed E-state index contributed by atoms with van der Waals surface area (Å²) in [5.74, 6) is 1.92. The highest BCUT2D eigenvalue weighted by atomic mass is 16.6. The van der Waals surface area contributed by atoms with Gasteiger partial charge in [0.2, 0.25) is 0 Å². The fourth-order valence-corrected chi connectivity index (χ4v) is 10.3. The monoisotopic (exact) mass is 494 g/mol. The first-order valence-electron chi connectivity index (χ1n) is 14.5. The van der Waals surface area contributed by atoms with Gasteiger partial charge in [-0.25, -0.2) is 0 Å². The topological polar surface area (TPSA) is 110 Å². The minimum absolute atomic E-state index is 0.0194. The predicted octanol–water partition coefficient (Wildman–Crippen LogP) is 3.32. The second kappa shape index (κ2) is 9.20. The normalized spacial score (nSPS) is 57.3. The van der Waals surface area contributed by atoms with Crippen LogP contribution < -0.4 is 0 Å². The van der Waals surface area contributed by atoms with Crippen LogP contribution in [0.2, 0.25) is 0 Å². The molecule has 5 rings (SSSR count). The molecule has 0 amide bonds. The zero-order chi connectivity index (χ0) is 25.4. The minimum atomic E-state index is -1.01. The van der Waals surface area contributed by atoms with Crippen molar-refractivity contribution >= 4 is 0 Å². The smallest absolute Gasteiger partial charge is 0.155 e. The Bertz CT molecular complexity index is 774. The lowest BCUT2D eigenvalue weighted by Crippen LogP contribution is -2.67. The Balaban J connectivity index is 1.40. The van der Waals surface area contributed by atoms with Crippen molar-refractivity contribution in [2.75, 3.05) is 0 Å². The summed E-state index contributed by atoms with van der Waals surface area (Å²) in [7, 11) is 0. The molecule has 5 aliphatic rings. The molecule has 0 aromatic rings. The molecule has 0 bridgehead atoms. The average molecular weight is 495 g/mol. The Morgan fingerprint density at radius 3 is 2.09 bits per heavy atom. The van der Waals surface area contributed by atoms with Crippen molar-refractivity contribution in [3.8, 4) is 0 Å². The number of ether oxygens (including phenoxy) is 1. The van der Waals surface area contributed by atoms with E-state index in [1.165, 1.54) is 0 Å². The van der Waals surface area contributed by atoms with Crippen LogP contribution in [-0.2, 0) is 4.74 Å². The van der Waals surface area contributed by atoms with E-state index < -0.39 is 36.6 Å². The second-order valence-corrected chi connectivity index (χ2v) is 14.1. The van der Waals surface area contributed by atoms with Crippen molar-refractivity contribution in [1.29, 1.82) is 0 Å². The molecule has 0 aromatic heterocycles. The first kappa shape index (κ1) is 26.4. The van der Waals surface area contributed by atoms with Crippen LogP contribution in [0, 0.1) is 58.2 Å². The minimum Gasteiger partial charge on any atom is -0.390 e. The Hall–Kier alpha value is -0.240. The molecule has 6 nitrogen and oxygen atoms in total. The zero-order valence-corrected chi connectivity index (χ0v) is 22.4. The van der Waals surface area contributed by atoms with Gasteiger partial charge in [0.15, 0.2) is 6.29 Å². The molecule has 4 aliphatic carbocycles. The Morgan fingerprint density at radius 1 is 0.743 bits per heavy atom. The molecule has 5 N–H and O–H groups in total. The molecule has 1 heterocycles. The quantitative estimate of drug-likeness (QED) is 0.412. The highest BCUT2D eigenvalue weighted by molar-refractivity contribution is 5.15. The van der Waals surface area contributed by atoms with Gasteiger partial charge >= 0.3 is 0 Å². The second-order valence-electron chi connectivity index (χ2n) is 14.1. The molecular weight excluding hydrogens is 444 g/mol. The zero-order valence-electron chi connectivity index (χ0n) is 22.4. The van der Waals surface area contributed by atoms with Gasteiger partial charge in [0, 0.05) is 12.3 Å². The summed E-state index contributed by atoms with van der Waals surface area (Å²) in [5.41, 5.74) is -0.204. The molecule has 1 unspecified atom stereocenters. The van der Waals surface area contributed by atoms with Crippen LogP contribution in [0.1, 0.15) is 86.0 Å². The van der Waals surface area contributed by atoms with E-state index in [0.29, 0.717) is 36.0 Å².